The fourth-order valence-corrected chi connectivity index (χ4v) is 1.91. The molecule has 0 aromatic heterocycles. The van der Waals surface area contributed by atoms with Gasteiger partial charge in [-0.15, -0.1) is 0 Å². The van der Waals surface area contributed by atoms with E-state index in [0.29, 0.717) is 0 Å². The Morgan fingerprint density at radius 3 is 2.21 bits per heavy atom. The molecule has 19 heavy (non-hydrogen) atoms. The summed E-state index contributed by atoms with van der Waals surface area (Å²) < 4.78 is 5.61. The van der Waals surface area contributed by atoms with Crippen molar-refractivity contribution in [3.8, 4) is 5.75 Å². The molecule has 0 amide bonds. The molecule has 0 aliphatic carbocycles. The van der Waals surface area contributed by atoms with Crippen molar-refractivity contribution in [2.75, 3.05) is 6.61 Å². The standard InChI is InChI=1S/C16H19BO2/c1-2-3-13-19-16-11-9-15(10-12-16)17(18)14-7-5-4-6-8-14/h4-12,18H,2-3,13H2,1H3. The van der Waals surface area contributed by atoms with Gasteiger partial charge in [0.1, 0.15) is 5.75 Å². The van der Waals surface area contributed by atoms with Gasteiger partial charge in [-0.25, -0.2) is 0 Å². The summed E-state index contributed by atoms with van der Waals surface area (Å²) in [6, 6.07) is 17.3. The van der Waals surface area contributed by atoms with Gasteiger partial charge < -0.3 is 9.76 Å². The van der Waals surface area contributed by atoms with Gasteiger partial charge in [-0.1, -0.05) is 55.8 Å². The number of ether oxygens (including phenoxy) is 1. The Labute approximate surface area is 115 Å². The zero-order valence-electron chi connectivity index (χ0n) is 11.3. The molecule has 1 N–H and O–H groups in total. The average Bonchev–Trinajstić information content (AvgIpc) is 2.48. The summed E-state index contributed by atoms with van der Waals surface area (Å²) in [6.45, 7) is 2.31. The van der Waals surface area contributed by atoms with Gasteiger partial charge in [0.05, 0.1) is 6.61 Å². The van der Waals surface area contributed by atoms with Crippen LogP contribution in [0.2, 0.25) is 0 Å². The van der Waals surface area contributed by atoms with Crippen molar-refractivity contribution in [3.63, 3.8) is 0 Å². The number of hydrogen-bond donors (Lipinski definition) is 1. The quantitative estimate of drug-likeness (QED) is 0.630. The highest BCUT2D eigenvalue weighted by Crippen LogP contribution is 2.08. The van der Waals surface area contributed by atoms with Crippen molar-refractivity contribution in [2.45, 2.75) is 19.8 Å². The summed E-state index contributed by atoms with van der Waals surface area (Å²) in [5, 5.41) is 10.3. The molecule has 0 unspecified atom stereocenters. The van der Waals surface area contributed by atoms with Crippen LogP contribution in [0.3, 0.4) is 0 Å². The third-order valence-electron chi connectivity index (χ3n) is 3.08. The van der Waals surface area contributed by atoms with Crippen LogP contribution in [0.4, 0.5) is 0 Å². The zero-order valence-corrected chi connectivity index (χ0v) is 11.3. The Bertz CT molecular complexity index is 482. The van der Waals surface area contributed by atoms with Gasteiger partial charge in [-0.05, 0) is 29.5 Å². The Kier molecular flexibility index (Phi) is 5.05. The predicted octanol–water partition coefficient (Wildman–Crippen LogP) is 1.96. The maximum Gasteiger partial charge on any atom is 0.358 e. The van der Waals surface area contributed by atoms with E-state index in [1.165, 1.54) is 0 Å². The van der Waals surface area contributed by atoms with Gasteiger partial charge in [0, 0.05) is 0 Å². The highest BCUT2D eigenvalue weighted by molar-refractivity contribution is 6.78. The van der Waals surface area contributed by atoms with Crippen molar-refractivity contribution in [2.24, 2.45) is 0 Å². The molecule has 0 aliphatic rings. The van der Waals surface area contributed by atoms with Crippen molar-refractivity contribution in [1.82, 2.24) is 0 Å². The van der Waals surface area contributed by atoms with E-state index in [1.54, 1.807) is 0 Å². The summed E-state index contributed by atoms with van der Waals surface area (Å²) in [6.07, 6.45) is 2.19. The lowest BCUT2D eigenvalue weighted by Crippen LogP contribution is -2.42. The Morgan fingerprint density at radius 1 is 0.947 bits per heavy atom. The minimum atomic E-state index is -0.578. The molecule has 2 aromatic carbocycles. The zero-order chi connectivity index (χ0) is 13.5. The van der Waals surface area contributed by atoms with E-state index in [2.05, 4.69) is 6.92 Å². The van der Waals surface area contributed by atoms with Crippen LogP contribution in [0.15, 0.2) is 54.6 Å². The van der Waals surface area contributed by atoms with Crippen LogP contribution in [-0.4, -0.2) is 18.5 Å². The van der Waals surface area contributed by atoms with Crippen LogP contribution in [0.5, 0.6) is 5.75 Å². The molecule has 0 spiro atoms. The van der Waals surface area contributed by atoms with Crippen molar-refractivity contribution in [3.05, 3.63) is 54.6 Å². The second-order valence-electron chi connectivity index (χ2n) is 4.58. The lowest BCUT2D eigenvalue weighted by Gasteiger charge is -2.09. The molecule has 98 valence electrons. The topological polar surface area (TPSA) is 29.5 Å². The summed E-state index contributed by atoms with van der Waals surface area (Å²) in [5.41, 5.74) is 1.79. The number of rotatable bonds is 6. The minimum absolute atomic E-state index is 0.578. The second-order valence-corrected chi connectivity index (χ2v) is 4.58. The predicted molar refractivity (Wildman–Crippen MR) is 80.5 cm³/mol. The van der Waals surface area contributed by atoms with Gasteiger partial charge in [-0.2, -0.15) is 0 Å². The molecular weight excluding hydrogens is 235 g/mol. The second kappa shape index (κ2) is 7.00. The molecule has 0 bridgehead atoms. The molecule has 0 saturated heterocycles. The molecule has 0 radical (unpaired) electrons. The lowest BCUT2D eigenvalue weighted by molar-refractivity contribution is 0.309. The van der Waals surface area contributed by atoms with E-state index in [1.807, 2.05) is 54.6 Å². The number of unbranched alkanes of at least 4 members (excludes halogenated alkanes) is 1. The monoisotopic (exact) mass is 254 g/mol. The maximum atomic E-state index is 10.3. The lowest BCUT2D eigenvalue weighted by atomic mass is 9.56. The van der Waals surface area contributed by atoms with Gasteiger partial charge in [0.25, 0.3) is 0 Å². The molecule has 0 fully saturated rings. The molecule has 0 atom stereocenters. The number of hydrogen-bond acceptors (Lipinski definition) is 2. The van der Waals surface area contributed by atoms with Crippen LogP contribution < -0.4 is 15.7 Å². The van der Waals surface area contributed by atoms with E-state index >= 15 is 0 Å². The van der Waals surface area contributed by atoms with Gasteiger partial charge in [-0.3, -0.25) is 0 Å². The fourth-order valence-electron chi connectivity index (χ4n) is 1.91. The van der Waals surface area contributed by atoms with E-state index in [0.717, 1.165) is 36.1 Å². The average molecular weight is 254 g/mol. The molecule has 0 heterocycles. The van der Waals surface area contributed by atoms with Crippen molar-refractivity contribution in [1.29, 1.82) is 0 Å². The van der Waals surface area contributed by atoms with Crippen LogP contribution in [-0.2, 0) is 0 Å². The summed E-state index contributed by atoms with van der Waals surface area (Å²) >= 11 is 0. The van der Waals surface area contributed by atoms with Crippen molar-refractivity contribution < 1.29 is 9.76 Å². The highest BCUT2D eigenvalue weighted by atomic mass is 16.5. The van der Waals surface area contributed by atoms with Crippen LogP contribution in [0, 0.1) is 0 Å². The smallest absolute Gasteiger partial charge is 0.358 e. The highest BCUT2D eigenvalue weighted by Gasteiger charge is 2.16. The Balaban J connectivity index is 2.02. The molecule has 2 aromatic rings. The van der Waals surface area contributed by atoms with Crippen LogP contribution >= 0.6 is 0 Å². The number of benzene rings is 2. The Morgan fingerprint density at radius 2 is 1.58 bits per heavy atom. The fraction of sp³-hybridized carbons (Fsp3) is 0.250. The van der Waals surface area contributed by atoms with E-state index in [4.69, 9.17) is 4.74 Å². The first-order valence-electron chi connectivity index (χ1n) is 6.77. The molecule has 0 aliphatic heterocycles. The summed E-state index contributed by atoms with van der Waals surface area (Å²) in [7, 11) is 0. The minimum Gasteiger partial charge on any atom is -0.494 e. The first kappa shape index (κ1) is 13.7. The first-order chi connectivity index (χ1) is 9.31. The third kappa shape index (κ3) is 3.86. The SMILES string of the molecule is CCCCOc1ccc(B(O)c2ccccc2)cc1. The van der Waals surface area contributed by atoms with Gasteiger partial charge >= 0.3 is 6.92 Å². The maximum absolute atomic E-state index is 10.3. The molecular formula is C16H19BO2. The van der Waals surface area contributed by atoms with E-state index in [9.17, 15) is 5.02 Å². The van der Waals surface area contributed by atoms with Gasteiger partial charge in [0.15, 0.2) is 0 Å². The molecule has 2 nitrogen and oxygen atoms in total. The van der Waals surface area contributed by atoms with Crippen LogP contribution in [0.25, 0.3) is 0 Å². The van der Waals surface area contributed by atoms with E-state index in [-0.39, 0.29) is 0 Å². The van der Waals surface area contributed by atoms with E-state index < -0.39 is 6.92 Å². The molecule has 2 rings (SSSR count). The molecule has 3 heteroatoms. The van der Waals surface area contributed by atoms with Crippen LogP contribution in [0.1, 0.15) is 19.8 Å². The molecule has 0 saturated carbocycles. The van der Waals surface area contributed by atoms with Gasteiger partial charge in [0.2, 0.25) is 0 Å². The third-order valence-corrected chi connectivity index (χ3v) is 3.08. The largest absolute Gasteiger partial charge is 0.494 e. The van der Waals surface area contributed by atoms with Crippen molar-refractivity contribution >= 4 is 17.8 Å². The summed E-state index contributed by atoms with van der Waals surface area (Å²) in [5.74, 6) is 0.859. The summed E-state index contributed by atoms with van der Waals surface area (Å²) in [4.78, 5) is 0. The Hall–Kier alpha value is -1.74. The normalized spacial score (nSPS) is 10.2. The first-order valence-corrected chi connectivity index (χ1v) is 6.77.